The van der Waals surface area contributed by atoms with Crippen LogP contribution in [0.15, 0.2) is 157 Å². The molecule has 6 aromatic rings. The van der Waals surface area contributed by atoms with Crippen LogP contribution in [0.5, 0.6) is 0 Å². The fraction of sp³-hybridized carbons (Fsp3) is 0.184. The second-order valence-corrected chi connectivity index (χ2v) is 13.9. The highest BCUT2D eigenvalue weighted by atomic mass is 14.5. The van der Waals surface area contributed by atoms with Crippen molar-refractivity contribution in [1.29, 1.82) is 0 Å². The molecular formula is C49H44. The summed E-state index contributed by atoms with van der Waals surface area (Å²) in [6, 6.07) is 54.3. The maximum atomic E-state index is 2.60. The summed E-state index contributed by atoms with van der Waals surface area (Å²) < 4.78 is 0. The van der Waals surface area contributed by atoms with Crippen LogP contribution in [0.3, 0.4) is 0 Å². The van der Waals surface area contributed by atoms with Gasteiger partial charge in [-0.1, -0.05) is 183 Å². The van der Waals surface area contributed by atoms with Gasteiger partial charge in [0, 0.05) is 5.41 Å². The Bertz CT molecular complexity index is 2020. The summed E-state index contributed by atoms with van der Waals surface area (Å²) in [4.78, 5) is 0. The lowest BCUT2D eigenvalue weighted by molar-refractivity contribution is 0.414. The Morgan fingerprint density at radius 3 is 1.22 bits per heavy atom. The number of fused-ring (bicyclic) bond motifs is 2. The molecule has 0 amide bonds. The lowest BCUT2D eigenvalue weighted by atomic mass is 9.65. The second-order valence-electron chi connectivity index (χ2n) is 13.9. The molecule has 6 aromatic carbocycles. The van der Waals surface area contributed by atoms with Crippen molar-refractivity contribution in [2.24, 2.45) is 5.41 Å². The van der Waals surface area contributed by atoms with Gasteiger partial charge in [-0.05, 0) is 105 Å². The van der Waals surface area contributed by atoms with Gasteiger partial charge in [0.05, 0.1) is 0 Å². The third kappa shape index (κ3) is 5.80. The Morgan fingerprint density at radius 2 is 0.796 bits per heavy atom. The standard InChI is InChI=1S/C49H44/c1-3-37-21-11-13-25-43(37)45-27-15-23-39-29-41(31-47(39)45)49(33-35-17-7-5-8-18-35,34-36-19-9-6-10-20-36)42-30-40-24-16-28-46(48(40)32-42)44-26-14-12-22-38(44)4-2/h5-28,31-32H,3-4,29-30,33-34H2,1-2H3. The van der Waals surface area contributed by atoms with Gasteiger partial charge in [-0.25, -0.2) is 0 Å². The highest BCUT2D eigenvalue weighted by Gasteiger charge is 2.42. The predicted molar refractivity (Wildman–Crippen MR) is 209 cm³/mol. The van der Waals surface area contributed by atoms with E-state index in [-0.39, 0.29) is 5.41 Å². The molecule has 0 fully saturated rings. The van der Waals surface area contributed by atoms with Crippen LogP contribution in [-0.4, -0.2) is 0 Å². The van der Waals surface area contributed by atoms with Crippen molar-refractivity contribution < 1.29 is 0 Å². The third-order valence-electron chi connectivity index (χ3n) is 11.1. The zero-order valence-electron chi connectivity index (χ0n) is 28.8. The van der Waals surface area contributed by atoms with Crippen molar-refractivity contribution in [3.8, 4) is 22.3 Å². The summed E-state index contributed by atoms with van der Waals surface area (Å²) in [6.45, 7) is 4.54. The molecule has 0 heterocycles. The normalized spacial score (nSPS) is 13.5. The SMILES string of the molecule is CCc1ccccc1-c1cccc2c1C=C(C(Cc1ccccc1)(Cc1ccccc1)C1=Cc3c(cccc3-c3ccccc3CC)C1)C2. The summed E-state index contributed by atoms with van der Waals surface area (Å²) in [5.74, 6) is 0. The molecular weight excluding hydrogens is 589 g/mol. The fourth-order valence-corrected chi connectivity index (χ4v) is 8.61. The van der Waals surface area contributed by atoms with E-state index in [1.807, 2.05) is 0 Å². The molecule has 0 N–H and O–H groups in total. The van der Waals surface area contributed by atoms with E-state index in [1.54, 1.807) is 0 Å². The van der Waals surface area contributed by atoms with Gasteiger partial charge in [-0.3, -0.25) is 0 Å². The van der Waals surface area contributed by atoms with Gasteiger partial charge >= 0.3 is 0 Å². The summed E-state index contributed by atoms with van der Waals surface area (Å²) in [5.41, 5.74) is 19.6. The van der Waals surface area contributed by atoms with Crippen molar-refractivity contribution in [3.05, 3.63) is 201 Å². The minimum absolute atomic E-state index is 0.191. The quantitative estimate of drug-likeness (QED) is 0.141. The highest BCUT2D eigenvalue weighted by molar-refractivity contribution is 5.86. The van der Waals surface area contributed by atoms with Gasteiger partial charge in [0.25, 0.3) is 0 Å². The molecule has 0 nitrogen and oxygen atoms in total. The van der Waals surface area contributed by atoms with E-state index in [0.717, 1.165) is 38.5 Å². The fourth-order valence-electron chi connectivity index (χ4n) is 8.61. The van der Waals surface area contributed by atoms with Gasteiger partial charge < -0.3 is 0 Å². The molecule has 0 aliphatic heterocycles. The van der Waals surface area contributed by atoms with Crippen LogP contribution in [0.25, 0.3) is 34.4 Å². The minimum atomic E-state index is -0.191. The molecule has 0 radical (unpaired) electrons. The van der Waals surface area contributed by atoms with Crippen molar-refractivity contribution in [3.63, 3.8) is 0 Å². The molecule has 0 heteroatoms. The van der Waals surface area contributed by atoms with Crippen molar-refractivity contribution in [1.82, 2.24) is 0 Å². The molecule has 0 bridgehead atoms. The van der Waals surface area contributed by atoms with Crippen molar-refractivity contribution in [2.75, 3.05) is 0 Å². The molecule has 0 atom stereocenters. The summed E-state index contributed by atoms with van der Waals surface area (Å²) in [6.07, 6.45) is 11.1. The monoisotopic (exact) mass is 632 g/mol. The number of hydrogen-bond donors (Lipinski definition) is 0. The average Bonchev–Trinajstić information content (AvgIpc) is 3.81. The summed E-state index contributed by atoms with van der Waals surface area (Å²) in [7, 11) is 0. The van der Waals surface area contributed by atoms with Crippen LogP contribution < -0.4 is 0 Å². The van der Waals surface area contributed by atoms with E-state index in [0.29, 0.717) is 0 Å². The molecule has 49 heavy (non-hydrogen) atoms. The summed E-state index contributed by atoms with van der Waals surface area (Å²) >= 11 is 0. The van der Waals surface area contributed by atoms with Crippen LogP contribution in [0.1, 0.15) is 58.4 Å². The summed E-state index contributed by atoms with van der Waals surface area (Å²) in [5, 5.41) is 0. The molecule has 0 spiro atoms. The smallest absolute Gasteiger partial charge is 0.0214 e. The van der Waals surface area contributed by atoms with E-state index < -0.39 is 0 Å². The molecule has 0 saturated carbocycles. The van der Waals surface area contributed by atoms with Gasteiger partial charge in [0.1, 0.15) is 0 Å². The molecule has 0 aromatic heterocycles. The van der Waals surface area contributed by atoms with Crippen LogP contribution in [0.4, 0.5) is 0 Å². The number of aryl methyl sites for hydroxylation is 2. The van der Waals surface area contributed by atoms with Crippen molar-refractivity contribution in [2.45, 2.75) is 52.4 Å². The van der Waals surface area contributed by atoms with Crippen LogP contribution >= 0.6 is 0 Å². The first kappa shape index (κ1) is 31.1. The van der Waals surface area contributed by atoms with Gasteiger partial charge in [0.15, 0.2) is 0 Å². The zero-order chi connectivity index (χ0) is 33.2. The van der Waals surface area contributed by atoms with Gasteiger partial charge in [-0.2, -0.15) is 0 Å². The Morgan fingerprint density at radius 1 is 0.408 bits per heavy atom. The Labute approximate surface area is 292 Å². The van der Waals surface area contributed by atoms with Crippen LogP contribution in [0.2, 0.25) is 0 Å². The zero-order valence-corrected chi connectivity index (χ0v) is 28.8. The minimum Gasteiger partial charge on any atom is -0.0622 e. The molecule has 240 valence electrons. The van der Waals surface area contributed by atoms with Crippen LogP contribution in [0, 0.1) is 5.41 Å². The first-order chi connectivity index (χ1) is 24.2. The van der Waals surface area contributed by atoms with E-state index in [4.69, 9.17) is 0 Å². The van der Waals surface area contributed by atoms with E-state index in [2.05, 4.69) is 172 Å². The first-order valence-corrected chi connectivity index (χ1v) is 18.1. The third-order valence-corrected chi connectivity index (χ3v) is 11.1. The van der Waals surface area contributed by atoms with E-state index in [9.17, 15) is 0 Å². The van der Waals surface area contributed by atoms with Crippen LogP contribution in [-0.2, 0) is 38.5 Å². The maximum Gasteiger partial charge on any atom is 0.0214 e. The Balaban J connectivity index is 1.34. The van der Waals surface area contributed by atoms with Crippen molar-refractivity contribution >= 4 is 12.2 Å². The lowest BCUT2D eigenvalue weighted by Gasteiger charge is -2.38. The van der Waals surface area contributed by atoms with E-state index >= 15 is 0 Å². The molecule has 0 unspecified atom stereocenters. The van der Waals surface area contributed by atoms with Gasteiger partial charge in [0.2, 0.25) is 0 Å². The largest absolute Gasteiger partial charge is 0.0622 e. The Kier molecular flexibility index (Phi) is 8.48. The molecule has 2 aliphatic rings. The average molecular weight is 633 g/mol. The lowest BCUT2D eigenvalue weighted by Crippen LogP contribution is -2.32. The van der Waals surface area contributed by atoms with Gasteiger partial charge in [-0.15, -0.1) is 0 Å². The topological polar surface area (TPSA) is 0 Å². The molecule has 0 saturated heterocycles. The number of hydrogen-bond acceptors (Lipinski definition) is 0. The highest BCUT2D eigenvalue weighted by Crippen LogP contribution is 2.52. The van der Waals surface area contributed by atoms with E-state index in [1.165, 1.54) is 77.9 Å². The maximum absolute atomic E-state index is 2.60. The molecule has 2 aliphatic carbocycles. The number of rotatable bonds is 10. The Hall–Kier alpha value is -5.20. The second kappa shape index (κ2) is 13.4. The number of allylic oxidation sites excluding steroid dienone is 2. The first-order valence-electron chi connectivity index (χ1n) is 18.1. The molecule has 8 rings (SSSR count). The predicted octanol–water partition coefficient (Wildman–Crippen LogP) is 12.2. The number of benzene rings is 6.